The summed E-state index contributed by atoms with van der Waals surface area (Å²) in [5, 5.41) is 11.3. The van der Waals surface area contributed by atoms with Gasteiger partial charge in [0.2, 0.25) is 6.10 Å². The van der Waals surface area contributed by atoms with E-state index < -0.39 is 57.4 Å². The van der Waals surface area contributed by atoms with Gasteiger partial charge in [-0.05, 0) is 134 Å². The molecule has 0 aromatic heterocycles. The number of hydrogen-bond donors (Lipinski definition) is 1. The van der Waals surface area contributed by atoms with Crippen molar-refractivity contribution < 1.29 is 43.2 Å². The molecule has 6 aliphatic carbocycles. The largest absolute Gasteiger partial charge is 0.465 e. The van der Waals surface area contributed by atoms with Crippen molar-refractivity contribution >= 4 is 23.9 Å². The molecule has 1 N–H and O–H groups in total. The molecule has 6 saturated carbocycles. The zero-order valence-corrected chi connectivity index (χ0v) is 28.2. The third kappa shape index (κ3) is 7.62. The van der Waals surface area contributed by atoms with Gasteiger partial charge < -0.3 is 24.1 Å². The molecule has 9 nitrogen and oxygen atoms in total. The first-order chi connectivity index (χ1) is 21.1. The Morgan fingerprint density at radius 3 is 1.73 bits per heavy atom. The lowest BCUT2D eigenvalue weighted by Crippen LogP contribution is -2.63. The van der Waals surface area contributed by atoms with Crippen LogP contribution in [0.3, 0.4) is 0 Å². The molecule has 7 aliphatic rings. The molecule has 0 amide bonds. The first-order valence-corrected chi connectivity index (χ1v) is 17.6. The van der Waals surface area contributed by atoms with Crippen LogP contribution < -0.4 is 0 Å². The second kappa shape index (κ2) is 16.9. The maximum atomic E-state index is 14.5. The van der Waals surface area contributed by atoms with E-state index in [1.165, 1.54) is 6.42 Å². The monoisotopic (exact) mass is 727 g/mol. The van der Waals surface area contributed by atoms with Crippen molar-refractivity contribution in [3.8, 4) is 0 Å². The third-order valence-corrected chi connectivity index (χ3v) is 14.1. The minimum absolute atomic E-state index is 0. The molecule has 0 aromatic carbocycles. The summed E-state index contributed by atoms with van der Waals surface area (Å²) in [5.41, 5.74) is -6.30. The summed E-state index contributed by atoms with van der Waals surface area (Å²) in [6.45, 7) is 10.3. The number of aliphatic hydroxyl groups is 1. The second-order valence-corrected chi connectivity index (χ2v) is 16.8. The molecule has 300 valence electrons. The van der Waals surface area contributed by atoms with Crippen LogP contribution in [-0.2, 0) is 38.1 Å². The SMILES string of the molecule is C.C.C.C.C.C.CCC1(OC(=O)C(C)(C)C(C)(C(=O)OC2CCOC2=O)C(C)(C)C(=O)OCCC2(O)CC3CCC2C3)C2CC3CC(C2)CC1C3. The van der Waals surface area contributed by atoms with E-state index in [1.54, 1.807) is 34.6 Å². The summed E-state index contributed by atoms with van der Waals surface area (Å²) >= 11 is 0. The number of cyclic esters (lactones) is 1. The second-order valence-electron chi connectivity index (χ2n) is 16.8. The van der Waals surface area contributed by atoms with Crippen LogP contribution in [-0.4, -0.2) is 59.5 Å². The lowest BCUT2D eigenvalue weighted by Gasteiger charge is -2.61. The minimum Gasteiger partial charge on any atom is -0.465 e. The van der Waals surface area contributed by atoms with Crippen molar-refractivity contribution in [2.45, 2.75) is 180 Å². The van der Waals surface area contributed by atoms with Crippen molar-refractivity contribution in [2.75, 3.05) is 13.2 Å². The predicted octanol–water partition coefficient (Wildman–Crippen LogP) is 9.35. The van der Waals surface area contributed by atoms with E-state index in [-0.39, 0.29) is 70.1 Å². The fourth-order valence-corrected chi connectivity index (χ4v) is 10.9. The van der Waals surface area contributed by atoms with Crippen molar-refractivity contribution in [1.29, 1.82) is 0 Å². The van der Waals surface area contributed by atoms with Crippen molar-refractivity contribution in [1.82, 2.24) is 0 Å². The maximum Gasteiger partial charge on any atom is 0.347 e. The highest BCUT2D eigenvalue weighted by Gasteiger charge is 2.67. The smallest absolute Gasteiger partial charge is 0.347 e. The summed E-state index contributed by atoms with van der Waals surface area (Å²) in [4.78, 5) is 55.1. The zero-order valence-electron chi connectivity index (χ0n) is 28.2. The van der Waals surface area contributed by atoms with Gasteiger partial charge in [0.25, 0.3) is 0 Å². The Morgan fingerprint density at radius 2 is 1.27 bits per heavy atom. The molecule has 0 aromatic rings. The van der Waals surface area contributed by atoms with Crippen molar-refractivity contribution in [3.63, 3.8) is 0 Å². The van der Waals surface area contributed by atoms with Crippen LogP contribution in [0, 0.1) is 51.8 Å². The summed E-state index contributed by atoms with van der Waals surface area (Å²) < 4.78 is 23.3. The summed E-state index contributed by atoms with van der Waals surface area (Å²) in [6.07, 6.45) is 9.53. The molecule has 1 saturated heterocycles. The molecule has 1 aliphatic heterocycles. The van der Waals surface area contributed by atoms with Gasteiger partial charge in [-0.3, -0.25) is 14.4 Å². The average molecular weight is 727 g/mol. The average Bonchev–Trinajstić information content (AvgIpc) is 3.70. The van der Waals surface area contributed by atoms with Gasteiger partial charge in [0.15, 0.2) is 0 Å². The van der Waals surface area contributed by atoms with E-state index >= 15 is 0 Å². The third-order valence-electron chi connectivity index (χ3n) is 14.1. The normalized spacial score (nSPS) is 35.1. The standard InChI is InChI=1S/C36H54O9.6CH4/c1-7-36(25-16-22-14-23(18-25)19-26(36)17-22)45-30(39)33(4,5)34(6,31(40)44-27-10-12-42-28(27)37)32(2,3)29(38)43-13-11-35(41)20-21-8-9-24(35)15-21;;;;;;/h21-27,41H,7-20H2,1-6H3;6*1H4. The number of rotatable bonds is 11. The molecule has 6 bridgehead atoms. The van der Waals surface area contributed by atoms with Crippen LogP contribution in [0.4, 0.5) is 0 Å². The van der Waals surface area contributed by atoms with Crippen LogP contribution in [0.5, 0.6) is 0 Å². The molecule has 9 heteroatoms. The fourth-order valence-electron chi connectivity index (χ4n) is 10.9. The van der Waals surface area contributed by atoms with Gasteiger partial charge in [-0.2, -0.15) is 0 Å². The van der Waals surface area contributed by atoms with Gasteiger partial charge in [0.05, 0.1) is 35.1 Å². The van der Waals surface area contributed by atoms with Crippen LogP contribution in [0.25, 0.3) is 0 Å². The van der Waals surface area contributed by atoms with E-state index in [0.29, 0.717) is 42.4 Å². The summed E-state index contributed by atoms with van der Waals surface area (Å²) in [6, 6.07) is 0. The highest BCUT2D eigenvalue weighted by atomic mass is 16.6. The number of ether oxygens (including phenoxy) is 4. The quantitative estimate of drug-likeness (QED) is 0.164. The lowest BCUT2D eigenvalue weighted by molar-refractivity contribution is -0.231. The van der Waals surface area contributed by atoms with Crippen LogP contribution in [0.1, 0.15) is 163 Å². The molecule has 7 fully saturated rings. The topological polar surface area (TPSA) is 125 Å². The van der Waals surface area contributed by atoms with E-state index in [2.05, 4.69) is 6.92 Å². The zero-order chi connectivity index (χ0) is 32.6. The first-order valence-electron chi connectivity index (χ1n) is 17.6. The highest BCUT2D eigenvalue weighted by Crippen LogP contribution is 2.62. The Labute approximate surface area is 312 Å². The van der Waals surface area contributed by atoms with E-state index in [0.717, 1.165) is 51.4 Å². The molecule has 0 spiro atoms. The summed E-state index contributed by atoms with van der Waals surface area (Å²) in [5.74, 6) is 0.0466. The number of esters is 4. The van der Waals surface area contributed by atoms with E-state index in [1.807, 2.05) is 0 Å². The Balaban J connectivity index is 0.00000417. The van der Waals surface area contributed by atoms with Gasteiger partial charge in [-0.15, -0.1) is 0 Å². The molecule has 7 rings (SSSR count). The molecule has 1 heterocycles. The lowest BCUT2D eigenvalue weighted by atomic mass is 9.49. The number of carbonyl (C=O) groups excluding carboxylic acids is 4. The fraction of sp³-hybridized carbons (Fsp3) is 0.905. The number of hydrogen-bond acceptors (Lipinski definition) is 9. The molecule has 51 heavy (non-hydrogen) atoms. The Bertz CT molecular complexity index is 1190. The van der Waals surface area contributed by atoms with Gasteiger partial charge >= 0.3 is 23.9 Å². The Kier molecular flexibility index (Phi) is 16.2. The molecule has 0 radical (unpaired) electrons. The van der Waals surface area contributed by atoms with E-state index in [9.17, 15) is 24.3 Å². The van der Waals surface area contributed by atoms with Gasteiger partial charge in [-0.25, -0.2) is 4.79 Å². The van der Waals surface area contributed by atoms with Crippen LogP contribution >= 0.6 is 0 Å². The molecular weight excluding hydrogens is 648 g/mol. The Hall–Kier alpha value is -2.16. The highest BCUT2D eigenvalue weighted by molar-refractivity contribution is 5.95. The Morgan fingerprint density at radius 1 is 0.745 bits per heavy atom. The van der Waals surface area contributed by atoms with E-state index in [4.69, 9.17) is 18.9 Å². The minimum atomic E-state index is -1.78. The van der Waals surface area contributed by atoms with Crippen molar-refractivity contribution in [2.24, 2.45) is 51.8 Å². The number of fused-ring (bicyclic) bond motifs is 2. The van der Waals surface area contributed by atoms with Gasteiger partial charge in [0, 0.05) is 12.8 Å². The summed E-state index contributed by atoms with van der Waals surface area (Å²) in [7, 11) is 0. The number of carbonyl (C=O) groups is 4. The predicted molar refractivity (Wildman–Crippen MR) is 204 cm³/mol. The maximum absolute atomic E-state index is 14.5. The van der Waals surface area contributed by atoms with Crippen LogP contribution in [0.15, 0.2) is 0 Å². The van der Waals surface area contributed by atoms with Crippen molar-refractivity contribution in [3.05, 3.63) is 0 Å². The molecule has 5 atom stereocenters. The molecular formula is C42H78O9. The van der Waals surface area contributed by atoms with Gasteiger partial charge in [-0.1, -0.05) is 51.5 Å². The first kappa shape index (κ1) is 48.8. The molecule has 5 unspecified atom stereocenters. The van der Waals surface area contributed by atoms with Crippen LogP contribution in [0.2, 0.25) is 0 Å². The van der Waals surface area contributed by atoms with Gasteiger partial charge in [0.1, 0.15) is 5.60 Å².